The van der Waals surface area contributed by atoms with Crippen LogP contribution in [0.1, 0.15) is 19.2 Å². The number of imidazole rings is 1. The Morgan fingerprint density at radius 1 is 0.893 bits per heavy atom. The summed E-state index contributed by atoms with van der Waals surface area (Å²) in [7, 11) is 0. The normalized spacial score (nSPS) is 14.5. The number of aromatic nitrogens is 2. The zero-order chi connectivity index (χ0) is 19.5. The van der Waals surface area contributed by atoms with Gasteiger partial charge in [0.05, 0.1) is 11.0 Å². The van der Waals surface area contributed by atoms with Crippen molar-refractivity contribution in [2.24, 2.45) is 0 Å². The molecule has 0 saturated carbocycles. The van der Waals surface area contributed by atoms with Gasteiger partial charge in [-0.2, -0.15) is 0 Å². The SMILES string of the molecule is CC(=O)N1CCN(C(=O)CCc2nc3ccccc3n2-c2ccccc2)CC1. The van der Waals surface area contributed by atoms with Crippen molar-refractivity contribution in [3.05, 3.63) is 60.4 Å². The number of nitrogens with zero attached hydrogens (tertiary/aromatic N) is 4. The van der Waals surface area contributed by atoms with Gasteiger partial charge in [-0.25, -0.2) is 4.98 Å². The number of rotatable bonds is 4. The molecule has 1 fully saturated rings. The lowest BCUT2D eigenvalue weighted by atomic mass is 10.2. The molecule has 0 unspecified atom stereocenters. The summed E-state index contributed by atoms with van der Waals surface area (Å²) in [6, 6.07) is 18.2. The van der Waals surface area contributed by atoms with E-state index in [9.17, 15) is 9.59 Å². The Balaban J connectivity index is 1.51. The zero-order valence-electron chi connectivity index (χ0n) is 16.0. The van der Waals surface area contributed by atoms with Crippen molar-refractivity contribution >= 4 is 22.8 Å². The molecule has 2 aromatic carbocycles. The molecule has 28 heavy (non-hydrogen) atoms. The molecule has 0 spiro atoms. The van der Waals surface area contributed by atoms with Crippen LogP contribution in [0, 0.1) is 0 Å². The van der Waals surface area contributed by atoms with Crippen LogP contribution in [0.2, 0.25) is 0 Å². The highest BCUT2D eigenvalue weighted by Crippen LogP contribution is 2.22. The number of piperazine rings is 1. The van der Waals surface area contributed by atoms with Crippen LogP contribution in [0.4, 0.5) is 0 Å². The van der Waals surface area contributed by atoms with Crippen LogP contribution in [0.25, 0.3) is 16.7 Å². The lowest BCUT2D eigenvalue weighted by molar-refractivity contribution is -0.138. The van der Waals surface area contributed by atoms with E-state index in [2.05, 4.69) is 22.8 Å². The highest BCUT2D eigenvalue weighted by molar-refractivity contribution is 5.80. The predicted octanol–water partition coefficient (Wildman–Crippen LogP) is 2.65. The van der Waals surface area contributed by atoms with Gasteiger partial charge < -0.3 is 9.80 Å². The third-order valence-corrected chi connectivity index (χ3v) is 5.28. The zero-order valence-corrected chi connectivity index (χ0v) is 16.0. The first-order valence-electron chi connectivity index (χ1n) is 9.68. The summed E-state index contributed by atoms with van der Waals surface area (Å²) in [6.07, 6.45) is 0.992. The summed E-state index contributed by atoms with van der Waals surface area (Å²) < 4.78 is 2.14. The maximum Gasteiger partial charge on any atom is 0.223 e. The van der Waals surface area contributed by atoms with Crippen molar-refractivity contribution < 1.29 is 9.59 Å². The second kappa shape index (κ2) is 7.84. The molecular weight excluding hydrogens is 352 g/mol. The monoisotopic (exact) mass is 376 g/mol. The molecule has 1 aliphatic heterocycles. The maximum atomic E-state index is 12.7. The molecule has 1 aliphatic rings. The summed E-state index contributed by atoms with van der Waals surface area (Å²) in [5.41, 5.74) is 3.03. The highest BCUT2D eigenvalue weighted by atomic mass is 16.2. The first-order chi connectivity index (χ1) is 13.6. The van der Waals surface area contributed by atoms with E-state index in [0.29, 0.717) is 39.0 Å². The molecule has 3 aromatic rings. The molecule has 2 amide bonds. The predicted molar refractivity (Wildman–Crippen MR) is 108 cm³/mol. The number of carbonyl (C=O) groups is 2. The minimum absolute atomic E-state index is 0.0728. The highest BCUT2D eigenvalue weighted by Gasteiger charge is 2.23. The van der Waals surface area contributed by atoms with Crippen LogP contribution in [0.15, 0.2) is 54.6 Å². The first kappa shape index (κ1) is 18.2. The minimum Gasteiger partial charge on any atom is -0.339 e. The van der Waals surface area contributed by atoms with E-state index in [1.165, 1.54) is 0 Å². The quantitative estimate of drug-likeness (QED) is 0.703. The van der Waals surface area contributed by atoms with Crippen molar-refractivity contribution in [2.75, 3.05) is 26.2 Å². The van der Waals surface area contributed by atoms with Crippen LogP contribution in [-0.2, 0) is 16.0 Å². The Kier molecular flexibility index (Phi) is 5.10. The van der Waals surface area contributed by atoms with Crippen LogP contribution in [-0.4, -0.2) is 57.3 Å². The lowest BCUT2D eigenvalue weighted by Crippen LogP contribution is -2.50. The van der Waals surface area contributed by atoms with Crippen molar-refractivity contribution in [1.29, 1.82) is 0 Å². The molecular formula is C22H24N4O2. The molecule has 0 atom stereocenters. The van der Waals surface area contributed by atoms with Crippen LogP contribution in [0.3, 0.4) is 0 Å². The molecule has 0 N–H and O–H groups in total. The van der Waals surface area contributed by atoms with Crippen molar-refractivity contribution in [3.63, 3.8) is 0 Å². The van der Waals surface area contributed by atoms with Gasteiger partial charge in [-0.3, -0.25) is 14.2 Å². The summed E-state index contributed by atoms with van der Waals surface area (Å²) >= 11 is 0. The molecule has 1 saturated heterocycles. The third-order valence-electron chi connectivity index (χ3n) is 5.28. The van der Waals surface area contributed by atoms with E-state index in [1.54, 1.807) is 11.8 Å². The fourth-order valence-corrected chi connectivity index (χ4v) is 3.76. The fraction of sp³-hybridized carbons (Fsp3) is 0.318. The molecule has 6 heteroatoms. The number of amides is 2. The summed E-state index contributed by atoms with van der Waals surface area (Å²) in [4.78, 5) is 32.6. The molecule has 2 heterocycles. The molecule has 144 valence electrons. The molecule has 1 aromatic heterocycles. The van der Waals surface area contributed by atoms with Gasteiger partial charge in [0, 0.05) is 51.6 Å². The van der Waals surface area contributed by atoms with Gasteiger partial charge >= 0.3 is 0 Å². The molecule has 0 bridgehead atoms. The van der Waals surface area contributed by atoms with Crippen molar-refractivity contribution in [3.8, 4) is 5.69 Å². The molecule has 0 aliphatic carbocycles. The topological polar surface area (TPSA) is 58.4 Å². The number of carbonyl (C=O) groups excluding carboxylic acids is 2. The number of hydrogen-bond acceptors (Lipinski definition) is 3. The number of hydrogen-bond donors (Lipinski definition) is 0. The maximum absolute atomic E-state index is 12.7. The lowest BCUT2D eigenvalue weighted by Gasteiger charge is -2.34. The van der Waals surface area contributed by atoms with Crippen molar-refractivity contribution in [2.45, 2.75) is 19.8 Å². The van der Waals surface area contributed by atoms with E-state index in [0.717, 1.165) is 22.5 Å². The Morgan fingerprint density at radius 2 is 1.54 bits per heavy atom. The number of para-hydroxylation sites is 3. The van der Waals surface area contributed by atoms with Gasteiger partial charge in [-0.1, -0.05) is 30.3 Å². The number of fused-ring (bicyclic) bond motifs is 1. The Labute approximate surface area is 164 Å². The molecule has 0 radical (unpaired) electrons. The summed E-state index contributed by atoms with van der Waals surface area (Å²) in [6.45, 7) is 4.01. The van der Waals surface area contributed by atoms with E-state index < -0.39 is 0 Å². The van der Waals surface area contributed by atoms with Gasteiger partial charge in [0.15, 0.2) is 0 Å². The van der Waals surface area contributed by atoms with E-state index >= 15 is 0 Å². The second-order valence-corrected chi connectivity index (χ2v) is 7.07. The average Bonchev–Trinajstić information content (AvgIpc) is 3.11. The van der Waals surface area contributed by atoms with E-state index in [4.69, 9.17) is 4.98 Å². The third kappa shape index (κ3) is 3.63. The summed E-state index contributed by atoms with van der Waals surface area (Å²) in [5.74, 6) is 1.08. The van der Waals surface area contributed by atoms with E-state index in [1.807, 2.05) is 41.3 Å². The minimum atomic E-state index is 0.0728. The Hall–Kier alpha value is -3.15. The average molecular weight is 376 g/mol. The van der Waals surface area contributed by atoms with Crippen LogP contribution >= 0.6 is 0 Å². The Bertz CT molecular complexity index is 988. The van der Waals surface area contributed by atoms with Gasteiger partial charge in [0.1, 0.15) is 5.82 Å². The number of aryl methyl sites for hydroxylation is 1. The molecule has 4 rings (SSSR count). The number of benzene rings is 2. The summed E-state index contributed by atoms with van der Waals surface area (Å²) in [5, 5.41) is 0. The van der Waals surface area contributed by atoms with Crippen LogP contribution in [0.5, 0.6) is 0 Å². The Morgan fingerprint density at radius 3 is 2.25 bits per heavy atom. The van der Waals surface area contributed by atoms with Crippen LogP contribution < -0.4 is 0 Å². The van der Waals surface area contributed by atoms with Gasteiger partial charge in [0.2, 0.25) is 11.8 Å². The fourth-order valence-electron chi connectivity index (χ4n) is 3.76. The largest absolute Gasteiger partial charge is 0.339 e. The van der Waals surface area contributed by atoms with Gasteiger partial charge in [-0.05, 0) is 24.3 Å². The molecule has 6 nitrogen and oxygen atoms in total. The van der Waals surface area contributed by atoms with Gasteiger partial charge in [0.25, 0.3) is 0 Å². The van der Waals surface area contributed by atoms with E-state index in [-0.39, 0.29) is 11.8 Å². The first-order valence-corrected chi connectivity index (χ1v) is 9.68. The smallest absolute Gasteiger partial charge is 0.223 e. The standard InChI is InChI=1S/C22H24N4O2/c1-17(27)24-13-15-25(16-14-24)22(28)12-11-21-23-19-9-5-6-10-20(19)26(21)18-7-3-2-4-8-18/h2-10H,11-16H2,1H3. The van der Waals surface area contributed by atoms with Gasteiger partial charge in [-0.15, -0.1) is 0 Å². The second-order valence-electron chi connectivity index (χ2n) is 7.07. The van der Waals surface area contributed by atoms with Crippen molar-refractivity contribution in [1.82, 2.24) is 19.4 Å².